The minimum atomic E-state index is -0.589. The van der Waals surface area contributed by atoms with Crippen molar-refractivity contribution in [1.82, 2.24) is 4.90 Å². The molecule has 6 heteroatoms. The van der Waals surface area contributed by atoms with Crippen molar-refractivity contribution in [2.75, 3.05) is 26.8 Å². The Kier molecular flexibility index (Phi) is 7.48. The highest BCUT2D eigenvalue weighted by atomic mass is 16.5. The SMILES string of the molecule is COc1ccc(C2CN(C(=O)C(C)OCc3ccccc3)CC2(C)C(C)O)cc1OCC1CC1. The van der Waals surface area contributed by atoms with Crippen molar-refractivity contribution < 1.29 is 24.1 Å². The zero-order valence-corrected chi connectivity index (χ0v) is 20.7. The number of methoxy groups -OCH3 is 1. The maximum atomic E-state index is 13.3. The van der Waals surface area contributed by atoms with Gasteiger partial charge in [-0.1, -0.05) is 43.3 Å². The lowest BCUT2D eigenvalue weighted by atomic mass is 9.72. The predicted molar refractivity (Wildman–Crippen MR) is 131 cm³/mol. The van der Waals surface area contributed by atoms with E-state index in [2.05, 4.69) is 6.92 Å². The number of carbonyl (C=O) groups is 1. The lowest BCUT2D eigenvalue weighted by molar-refractivity contribution is -0.143. The molecule has 1 heterocycles. The molecule has 2 aromatic rings. The lowest BCUT2D eigenvalue weighted by Crippen LogP contribution is -2.41. The van der Waals surface area contributed by atoms with Crippen molar-refractivity contribution in [3.8, 4) is 11.5 Å². The third-order valence-corrected chi connectivity index (χ3v) is 7.45. The first-order valence-corrected chi connectivity index (χ1v) is 12.2. The summed E-state index contributed by atoms with van der Waals surface area (Å²) in [7, 11) is 1.64. The molecule has 4 atom stereocenters. The van der Waals surface area contributed by atoms with Crippen molar-refractivity contribution in [2.24, 2.45) is 11.3 Å². The van der Waals surface area contributed by atoms with Crippen molar-refractivity contribution in [1.29, 1.82) is 0 Å². The Morgan fingerprint density at radius 1 is 1.15 bits per heavy atom. The zero-order valence-electron chi connectivity index (χ0n) is 20.7. The number of nitrogens with zero attached hydrogens (tertiary/aromatic N) is 1. The molecule has 2 aromatic carbocycles. The largest absolute Gasteiger partial charge is 0.493 e. The minimum Gasteiger partial charge on any atom is -0.493 e. The fourth-order valence-electron chi connectivity index (χ4n) is 4.73. The minimum absolute atomic E-state index is 0.0352. The van der Waals surface area contributed by atoms with Gasteiger partial charge >= 0.3 is 0 Å². The molecule has 0 spiro atoms. The number of hydrogen-bond acceptors (Lipinski definition) is 5. The molecule has 4 unspecified atom stereocenters. The second-order valence-corrected chi connectivity index (χ2v) is 10.1. The maximum Gasteiger partial charge on any atom is 0.251 e. The molecule has 184 valence electrons. The topological polar surface area (TPSA) is 68.2 Å². The first-order chi connectivity index (χ1) is 16.3. The first-order valence-electron chi connectivity index (χ1n) is 12.2. The second kappa shape index (κ2) is 10.4. The van der Waals surface area contributed by atoms with E-state index in [1.54, 1.807) is 14.0 Å². The van der Waals surface area contributed by atoms with E-state index in [0.29, 0.717) is 38.0 Å². The van der Waals surface area contributed by atoms with Gasteiger partial charge in [-0.25, -0.2) is 0 Å². The highest BCUT2D eigenvalue weighted by Crippen LogP contribution is 2.47. The van der Waals surface area contributed by atoms with Crippen LogP contribution in [-0.4, -0.2) is 54.9 Å². The molecule has 2 aliphatic rings. The van der Waals surface area contributed by atoms with Crippen molar-refractivity contribution in [3.63, 3.8) is 0 Å². The Morgan fingerprint density at radius 2 is 1.88 bits per heavy atom. The van der Waals surface area contributed by atoms with E-state index < -0.39 is 17.6 Å². The molecule has 0 bridgehead atoms. The molecule has 1 amide bonds. The van der Waals surface area contributed by atoms with Crippen LogP contribution < -0.4 is 9.47 Å². The number of hydrogen-bond donors (Lipinski definition) is 1. The van der Waals surface area contributed by atoms with Crippen LogP contribution in [-0.2, 0) is 16.1 Å². The molecule has 2 fully saturated rings. The van der Waals surface area contributed by atoms with Crippen molar-refractivity contribution in [2.45, 2.75) is 58.3 Å². The molecule has 6 nitrogen and oxygen atoms in total. The lowest BCUT2D eigenvalue weighted by Gasteiger charge is -2.34. The molecule has 0 radical (unpaired) electrons. The van der Waals surface area contributed by atoms with Gasteiger partial charge in [0, 0.05) is 24.4 Å². The summed E-state index contributed by atoms with van der Waals surface area (Å²) in [6, 6.07) is 15.8. The smallest absolute Gasteiger partial charge is 0.251 e. The van der Waals surface area contributed by atoms with Crippen LogP contribution in [0.15, 0.2) is 48.5 Å². The number of aliphatic hydroxyl groups is 1. The Hall–Kier alpha value is -2.57. The molecule has 34 heavy (non-hydrogen) atoms. The monoisotopic (exact) mass is 467 g/mol. The van der Waals surface area contributed by atoms with Crippen LogP contribution >= 0.6 is 0 Å². The highest BCUT2D eigenvalue weighted by Gasteiger charge is 2.49. The zero-order chi connectivity index (χ0) is 24.3. The number of ether oxygens (including phenoxy) is 3. The second-order valence-electron chi connectivity index (χ2n) is 10.1. The summed E-state index contributed by atoms with van der Waals surface area (Å²) in [6.07, 6.45) is 1.28. The van der Waals surface area contributed by atoms with Gasteiger partial charge in [0.15, 0.2) is 11.5 Å². The molecule has 4 rings (SSSR count). The third kappa shape index (κ3) is 5.39. The van der Waals surface area contributed by atoms with Gasteiger partial charge in [-0.05, 0) is 55.9 Å². The summed E-state index contributed by atoms with van der Waals surface area (Å²) in [5.41, 5.74) is 1.59. The predicted octanol–water partition coefficient (Wildman–Crippen LogP) is 4.40. The average Bonchev–Trinajstić information content (AvgIpc) is 3.61. The van der Waals surface area contributed by atoms with Gasteiger partial charge in [-0.15, -0.1) is 0 Å². The fraction of sp³-hybridized carbons (Fsp3) is 0.536. The van der Waals surface area contributed by atoms with E-state index in [1.165, 1.54) is 12.8 Å². The Bertz CT molecular complexity index is 974. The van der Waals surface area contributed by atoms with Crippen LogP contribution in [0.4, 0.5) is 0 Å². The van der Waals surface area contributed by atoms with Crippen LogP contribution in [0.5, 0.6) is 11.5 Å². The Morgan fingerprint density at radius 3 is 2.53 bits per heavy atom. The van der Waals surface area contributed by atoms with E-state index in [4.69, 9.17) is 14.2 Å². The third-order valence-electron chi connectivity index (χ3n) is 7.45. The summed E-state index contributed by atoms with van der Waals surface area (Å²) < 4.78 is 17.5. The summed E-state index contributed by atoms with van der Waals surface area (Å²) in [5.74, 6) is 1.98. The van der Waals surface area contributed by atoms with Crippen molar-refractivity contribution >= 4 is 5.91 Å². The number of likely N-dealkylation sites (tertiary alicyclic amines) is 1. The van der Waals surface area contributed by atoms with Gasteiger partial charge in [0.25, 0.3) is 5.91 Å². The molecule has 1 N–H and O–H groups in total. The standard InChI is InChI=1S/C28H37NO5/c1-19(33-16-21-8-6-5-7-9-21)27(31)29-15-24(28(3,18-29)20(2)30)23-12-13-25(32-4)26(14-23)34-17-22-10-11-22/h5-9,12-14,19-20,22,24,30H,10-11,15-18H2,1-4H3. The average molecular weight is 468 g/mol. The molecule has 1 aliphatic carbocycles. The number of benzene rings is 2. The van der Waals surface area contributed by atoms with E-state index >= 15 is 0 Å². The van der Waals surface area contributed by atoms with Gasteiger partial charge in [-0.3, -0.25) is 4.79 Å². The quantitative estimate of drug-likeness (QED) is 0.561. The van der Waals surface area contributed by atoms with Gasteiger partial charge in [0.2, 0.25) is 0 Å². The van der Waals surface area contributed by atoms with Crippen molar-refractivity contribution in [3.05, 3.63) is 59.7 Å². The van der Waals surface area contributed by atoms with Crippen LogP contribution in [0, 0.1) is 11.3 Å². The molecular weight excluding hydrogens is 430 g/mol. The van der Waals surface area contributed by atoms with Gasteiger partial charge in [0.1, 0.15) is 6.10 Å². The maximum absolute atomic E-state index is 13.3. The molecule has 0 aromatic heterocycles. The summed E-state index contributed by atoms with van der Waals surface area (Å²) in [6.45, 7) is 7.74. The number of aliphatic hydroxyl groups excluding tert-OH is 1. The number of amides is 1. The van der Waals surface area contributed by atoms with E-state index in [9.17, 15) is 9.90 Å². The highest BCUT2D eigenvalue weighted by molar-refractivity contribution is 5.81. The van der Waals surface area contributed by atoms with E-state index in [0.717, 1.165) is 16.9 Å². The summed E-state index contributed by atoms with van der Waals surface area (Å²) in [5, 5.41) is 10.8. The molecule has 1 saturated carbocycles. The molecule has 1 saturated heterocycles. The normalized spacial score (nSPS) is 24.0. The van der Waals surface area contributed by atoms with E-state index in [1.807, 2.05) is 60.4 Å². The number of rotatable bonds is 10. The van der Waals surface area contributed by atoms with Gasteiger partial charge in [0.05, 0.1) is 26.4 Å². The Balaban J connectivity index is 1.49. The van der Waals surface area contributed by atoms with Crippen LogP contribution in [0.3, 0.4) is 0 Å². The molecular formula is C28H37NO5. The fourth-order valence-corrected chi connectivity index (χ4v) is 4.73. The van der Waals surface area contributed by atoms with Crippen LogP contribution in [0.1, 0.15) is 50.7 Å². The summed E-state index contributed by atoms with van der Waals surface area (Å²) in [4.78, 5) is 15.1. The summed E-state index contributed by atoms with van der Waals surface area (Å²) >= 11 is 0. The van der Waals surface area contributed by atoms with Gasteiger partial charge in [-0.2, -0.15) is 0 Å². The van der Waals surface area contributed by atoms with Crippen LogP contribution in [0.25, 0.3) is 0 Å². The molecule has 1 aliphatic heterocycles. The number of carbonyl (C=O) groups excluding carboxylic acids is 1. The Labute approximate surface area is 202 Å². The van der Waals surface area contributed by atoms with E-state index in [-0.39, 0.29) is 11.8 Å². The van der Waals surface area contributed by atoms with Gasteiger partial charge < -0.3 is 24.2 Å². The first kappa shape index (κ1) is 24.6. The van der Waals surface area contributed by atoms with Crippen LogP contribution in [0.2, 0.25) is 0 Å².